The number of carbonyl (C=O) groups excluding carboxylic acids is 1. The Hall–Kier alpha value is -1.99. The molecule has 2 aromatic heterocycles. The summed E-state index contributed by atoms with van der Waals surface area (Å²) in [5, 5.41) is 13.1. The van der Waals surface area contributed by atoms with Crippen molar-refractivity contribution in [2.75, 3.05) is 19.8 Å². The van der Waals surface area contributed by atoms with Gasteiger partial charge in [-0.2, -0.15) is 0 Å². The highest BCUT2D eigenvalue weighted by Gasteiger charge is 2.26. The Labute approximate surface area is 121 Å². The molecule has 3 heterocycles. The molecule has 0 saturated carbocycles. The van der Waals surface area contributed by atoms with E-state index >= 15 is 0 Å². The van der Waals surface area contributed by atoms with Gasteiger partial charge in [-0.25, -0.2) is 9.97 Å². The van der Waals surface area contributed by atoms with Crippen LogP contribution in [0.2, 0.25) is 0 Å². The fourth-order valence-electron chi connectivity index (χ4n) is 2.72. The van der Waals surface area contributed by atoms with E-state index in [2.05, 4.69) is 20.3 Å². The number of rotatable bonds is 4. The van der Waals surface area contributed by atoms with Crippen LogP contribution in [0.1, 0.15) is 23.3 Å². The number of aliphatic hydroxyl groups excluding tert-OH is 1. The van der Waals surface area contributed by atoms with Crippen LogP contribution in [0.4, 0.5) is 0 Å². The van der Waals surface area contributed by atoms with Crippen molar-refractivity contribution in [3.05, 3.63) is 24.3 Å². The molecule has 1 aliphatic heterocycles. The minimum atomic E-state index is -0.285. The summed E-state index contributed by atoms with van der Waals surface area (Å²) in [6.07, 6.45) is 4.76. The van der Waals surface area contributed by atoms with Crippen LogP contribution in [0, 0.1) is 5.92 Å². The van der Waals surface area contributed by atoms with E-state index in [0.29, 0.717) is 29.9 Å². The molecular weight excluding hydrogens is 272 g/mol. The SMILES string of the molecule is O=C(NC(CO)C1CCOCC1)c1ncnc2[nH]ccc12. The maximum Gasteiger partial charge on any atom is 0.271 e. The fraction of sp³-hybridized carbons (Fsp3) is 0.500. The highest BCUT2D eigenvalue weighted by Crippen LogP contribution is 2.19. The Kier molecular flexibility index (Phi) is 4.12. The molecule has 1 saturated heterocycles. The number of H-pyrrole nitrogens is 1. The van der Waals surface area contributed by atoms with Crippen LogP contribution in [-0.4, -0.2) is 51.8 Å². The van der Waals surface area contributed by atoms with Gasteiger partial charge < -0.3 is 20.1 Å². The number of hydrogen-bond acceptors (Lipinski definition) is 5. The summed E-state index contributed by atoms with van der Waals surface area (Å²) in [6.45, 7) is 1.26. The van der Waals surface area contributed by atoms with Gasteiger partial charge >= 0.3 is 0 Å². The first-order chi connectivity index (χ1) is 10.3. The molecule has 0 aliphatic carbocycles. The zero-order valence-electron chi connectivity index (χ0n) is 11.6. The second-order valence-electron chi connectivity index (χ2n) is 5.17. The third-order valence-electron chi connectivity index (χ3n) is 3.92. The third kappa shape index (κ3) is 2.88. The molecule has 7 heteroatoms. The summed E-state index contributed by atoms with van der Waals surface area (Å²) in [4.78, 5) is 23.5. The van der Waals surface area contributed by atoms with Crippen molar-refractivity contribution in [1.29, 1.82) is 0 Å². The highest BCUT2D eigenvalue weighted by atomic mass is 16.5. The van der Waals surface area contributed by atoms with Crippen LogP contribution < -0.4 is 5.32 Å². The van der Waals surface area contributed by atoms with Crippen molar-refractivity contribution >= 4 is 16.9 Å². The van der Waals surface area contributed by atoms with E-state index in [1.54, 1.807) is 12.3 Å². The van der Waals surface area contributed by atoms with E-state index in [1.165, 1.54) is 6.33 Å². The van der Waals surface area contributed by atoms with Crippen LogP contribution in [-0.2, 0) is 4.74 Å². The molecule has 1 unspecified atom stereocenters. The lowest BCUT2D eigenvalue weighted by molar-refractivity contribution is 0.0419. The van der Waals surface area contributed by atoms with Crippen molar-refractivity contribution in [2.24, 2.45) is 5.92 Å². The van der Waals surface area contributed by atoms with Gasteiger partial charge in [0.25, 0.3) is 5.91 Å². The molecular formula is C14H18N4O3. The number of carbonyl (C=O) groups is 1. The molecule has 1 aliphatic rings. The first kappa shape index (κ1) is 14.0. The Morgan fingerprint density at radius 2 is 2.29 bits per heavy atom. The molecule has 0 spiro atoms. The van der Waals surface area contributed by atoms with Crippen molar-refractivity contribution < 1.29 is 14.6 Å². The highest BCUT2D eigenvalue weighted by molar-refractivity contribution is 6.03. The summed E-state index contributed by atoms with van der Waals surface area (Å²) in [6, 6.07) is 1.50. The van der Waals surface area contributed by atoms with Gasteiger partial charge in [0.15, 0.2) is 0 Å². The lowest BCUT2D eigenvalue weighted by Gasteiger charge is -2.29. The quantitative estimate of drug-likeness (QED) is 0.760. The number of fused-ring (bicyclic) bond motifs is 1. The molecule has 21 heavy (non-hydrogen) atoms. The number of amides is 1. The minimum absolute atomic E-state index is 0.0855. The van der Waals surface area contributed by atoms with Crippen LogP contribution in [0.25, 0.3) is 11.0 Å². The molecule has 3 N–H and O–H groups in total. The number of ether oxygens (including phenoxy) is 1. The molecule has 0 aromatic carbocycles. The van der Waals surface area contributed by atoms with E-state index in [-0.39, 0.29) is 24.5 Å². The van der Waals surface area contributed by atoms with E-state index < -0.39 is 0 Å². The van der Waals surface area contributed by atoms with Gasteiger partial charge in [-0.15, -0.1) is 0 Å². The van der Waals surface area contributed by atoms with Gasteiger partial charge in [-0.1, -0.05) is 0 Å². The van der Waals surface area contributed by atoms with Crippen LogP contribution in [0.15, 0.2) is 18.6 Å². The van der Waals surface area contributed by atoms with Crippen LogP contribution in [0.3, 0.4) is 0 Å². The Balaban J connectivity index is 1.76. The van der Waals surface area contributed by atoms with Crippen molar-refractivity contribution in [2.45, 2.75) is 18.9 Å². The minimum Gasteiger partial charge on any atom is -0.394 e. The summed E-state index contributed by atoms with van der Waals surface area (Å²) >= 11 is 0. The average molecular weight is 290 g/mol. The largest absolute Gasteiger partial charge is 0.394 e. The maximum atomic E-state index is 12.4. The van der Waals surface area contributed by atoms with Gasteiger partial charge in [0, 0.05) is 19.4 Å². The standard InChI is InChI=1S/C14H18N4O3/c19-7-11(9-2-5-21-6-3-9)18-14(20)12-10-1-4-15-13(10)17-8-16-12/h1,4,8-9,11,19H,2-3,5-7H2,(H,18,20)(H,15,16,17). The second kappa shape index (κ2) is 6.19. The predicted octanol–water partition coefficient (Wildman–Crippen LogP) is 0.475. The number of hydrogen-bond donors (Lipinski definition) is 3. The molecule has 0 radical (unpaired) electrons. The maximum absolute atomic E-state index is 12.4. The number of nitrogens with one attached hydrogen (secondary N) is 2. The molecule has 3 rings (SSSR count). The summed E-state index contributed by atoms with van der Waals surface area (Å²) < 4.78 is 5.31. The van der Waals surface area contributed by atoms with Gasteiger partial charge in [-0.05, 0) is 24.8 Å². The first-order valence-corrected chi connectivity index (χ1v) is 7.07. The molecule has 1 amide bonds. The predicted molar refractivity (Wildman–Crippen MR) is 75.8 cm³/mol. The summed E-state index contributed by atoms with van der Waals surface area (Å²) in [5.74, 6) is -0.0520. The number of aliphatic hydroxyl groups is 1. The monoisotopic (exact) mass is 290 g/mol. The lowest BCUT2D eigenvalue weighted by Crippen LogP contribution is -2.45. The zero-order chi connectivity index (χ0) is 14.7. The number of aromatic nitrogens is 3. The van der Waals surface area contributed by atoms with Crippen molar-refractivity contribution in [3.8, 4) is 0 Å². The van der Waals surface area contributed by atoms with Crippen LogP contribution in [0.5, 0.6) is 0 Å². The topological polar surface area (TPSA) is 100 Å². The Bertz CT molecular complexity index is 621. The lowest BCUT2D eigenvalue weighted by atomic mass is 9.92. The van der Waals surface area contributed by atoms with Gasteiger partial charge in [0.05, 0.1) is 18.0 Å². The molecule has 0 bridgehead atoms. The second-order valence-corrected chi connectivity index (χ2v) is 5.17. The molecule has 2 aromatic rings. The normalized spacial score (nSPS) is 17.8. The van der Waals surface area contributed by atoms with E-state index in [9.17, 15) is 9.90 Å². The third-order valence-corrected chi connectivity index (χ3v) is 3.92. The van der Waals surface area contributed by atoms with E-state index in [1.807, 2.05) is 0 Å². The molecule has 1 fully saturated rings. The number of nitrogens with zero attached hydrogens (tertiary/aromatic N) is 2. The molecule has 1 atom stereocenters. The van der Waals surface area contributed by atoms with E-state index in [4.69, 9.17) is 4.74 Å². The summed E-state index contributed by atoms with van der Waals surface area (Å²) in [7, 11) is 0. The van der Waals surface area contributed by atoms with E-state index in [0.717, 1.165) is 12.8 Å². The fourth-order valence-corrected chi connectivity index (χ4v) is 2.72. The Morgan fingerprint density at radius 3 is 3.05 bits per heavy atom. The zero-order valence-corrected chi connectivity index (χ0v) is 11.6. The average Bonchev–Trinajstić information content (AvgIpc) is 3.01. The van der Waals surface area contributed by atoms with Crippen molar-refractivity contribution in [1.82, 2.24) is 20.3 Å². The molecule has 7 nitrogen and oxygen atoms in total. The van der Waals surface area contributed by atoms with Gasteiger partial charge in [-0.3, -0.25) is 4.79 Å². The van der Waals surface area contributed by atoms with Gasteiger partial charge in [0.2, 0.25) is 0 Å². The van der Waals surface area contributed by atoms with Crippen LogP contribution >= 0.6 is 0 Å². The first-order valence-electron chi connectivity index (χ1n) is 7.07. The Morgan fingerprint density at radius 1 is 1.48 bits per heavy atom. The van der Waals surface area contributed by atoms with Crippen molar-refractivity contribution in [3.63, 3.8) is 0 Å². The summed E-state index contributed by atoms with van der Waals surface area (Å²) in [5.41, 5.74) is 0.952. The number of aromatic amines is 1. The smallest absolute Gasteiger partial charge is 0.271 e. The molecule has 112 valence electrons. The van der Waals surface area contributed by atoms with Gasteiger partial charge in [0.1, 0.15) is 17.7 Å².